The summed E-state index contributed by atoms with van der Waals surface area (Å²) in [7, 11) is 0. The molecule has 7 rings (SSSR count). The SMILES string of the molecule is CCc1cc(N2CCNCC2)c2ccc(OCc3cncc(-n4cc([C@H]5CCCO5)c5c(N)ncnc54)c3)cc2n1. The zero-order chi connectivity index (χ0) is 27.8. The van der Waals surface area contributed by atoms with Gasteiger partial charge >= 0.3 is 0 Å². The van der Waals surface area contributed by atoms with Gasteiger partial charge in [0.1, 0.15) is 30.1 Å². The highest BCUT2D eigenvalue weighted by Crippen LogP contribution is 2.37. The molecule has 0 aliphatic carbocycles. The number of nitrogens with zero attached hydrogens (tertiary/aromatic N) is 6. The molecule has 6 heterocycles. The number of piperazine rings is 1. The molecular formula is C31H34N8O2. The first-order chi connectivity index (χ1) is 20.2. The van der Waals surface area contributed by atoms with Crippen molar-refractivity contribution in [2.24, 2.45) is 0 Å². The third kappa shape index (κ3) is 4.93. The summed E-state index contributed by atoms with van der Waals surface area (Å²) in [5.74, 6) is 1.24. The lowest BCUT2D eigenvalue weighted by molar-refractivity contribution is 0.113. The molecular weight excluding hydrogens is 516 g/mol. The second-order valence-corrected chi connectivity index (χ2v) is 10.7. The molecule has 2 saturated heterocycles. The highest BCUT2D eigenvalue weighted by atomic mass is 16.5. The van der Waals surface area contributed by atoms with Gasteiger partial charge in [-0.25, -0.2) is 9.97 Å². The van der Waals surface area contributed by atoms with Crippen molar-refractivity contribution in [1.29, 1.82) is 0 Å². The van der Waals surface area contributed by atoms with Crippen LogP contribution in [0.5, 0.6) is 5.75 Å². The lowest BCUT2D eigenvalue weighted by atomic mass is 10.1. The van der Waals surface area contributed by atoms with E-state index in [4.69, 9.17) is 20.2 Å². The molecule has 0 bridgehead atoms. The fourth-order valence-corrected chi connectivity index (χ4v) is 5.91. The van der Waals surface area contributed by atoms with Crippen LogP contribution in [-0.2, 0) is 17.8 Å². The normalized spacial score (nSPS) is 17.5. The van der Waals surface area contributed by atoms with Crippen molar-refractivity contribution in [3.8, 4) is 11.4 Å². The Hall–Kier alpha value is -4.28. The third-order valence-corrected chi connectivity index (χ3v) is 8.01. The van der Waals surface area contributed by atoms with Gasteiger partial charge in [-0.15, -0.1) is 0 Å². The van der Waals surface area contributed by atoms with Crippen LogP contribution in [0.15, 0.2) is 55.2 Å². The van der Waals surface area contributed by atoms with Crippen LogP contribution >= 0.6 is 0 Å². The molecule has 10 nitrogen and oxygen atoms in total. The van der Waals surface area contributed by atoms with E-state index in [1.54, 1.807) is 0 Å². The van der Waals surface area contributed by atoms with Crippen LogP contribution in [-0.4, -0.2) is 57.3 Å². The fourth-order valence-electron chi connectivity index (χ4n) is 5.91. The molecule has 2 aliphatic rings. The van der Waals surface area contributed by atoms with Gasteiger partial charge in [-0.3, -0.25) is 14.5 Å². The number of rotatable bonds is 7. The van der Waals surface area contributed by atoms with Crippen molar-refractivity contribution in [3.63, 3.8) is 0 Å². The van der Waals surface area contributed by atoms with Gasteiger partial charge in [-0.1, -0.05) is 6.92 Å². The minimum Gasteiger partial charge on any atom is -0.489 e. The Morgan fingerprint density at radius 1 is 1.12 bits per heavy atom. The predicted molar refractivity (Wildman–Crippen MR) is 160 cm³/mol. The molecule has 10 heteroatoms. The summed E-state index contributed by atoms with van der Waals surface area (Å²) in [6, 6.07) is 10.5. The second kappa shape index (κ2) is 10.9. The van der Waals surface area contributed by atoms with E-state index >= 15 is 0 Å². The first kappa shape index (κ1) is 25.7. The summed E-state index contributed by atoms with van der Waals surface area (Å²) in [6.07, 6.45) is 10.1. The monoisotopic (exact) mass is 550 g/mol. The average molecular weight is 551 g/mol. The minimum absolute atomic E-state index is 0.00615. The van der Waals surface area contributed by atoms with E-state index in [0.717, 1.165) is 102 Å². The van der Waals surface area contributed by atoms with Crippen molar-refractivity contribution >= 4 is 33.4 Å². The third-order valence-electron chi connectivity index (χ3n) is 8.01. The number of hydrogen-bond acceptors (Lipinski definition) is 9. The van der Waals surface area contributed by atoms with E-state index < -0.39 is 0 Å². The van der Waals surface area contributed by atoms with E-state index in [2.05, 4.69) is 56.5 Å². The summed E-state index contributed by atoms with van der Waals surface area (Å²) >= 11 is 0. The number of benzene rings is 1. The molecule has 1 atom stereocenters. The van der Waals surface area contributed by atoms with Crippen LogP contribution < -0.4 is 20.7 Å². The van der Waals surface area contributed by atoms with E-state index in [-0.39, 0.29) is 6.10 Å². The lowest BCUT2D eigenvalue weighted by Gasteiger charge is -2.30. The van der Waals surface area contributed by atoms with Gasteiger partial charge in [-0.2, -0.15) is 0 Å². The van der Waals surface area contributed by atoms with Gasteiger partial charge in [-0.05, 0) is 43.5 Å². The van der Waals surface area contributed by atoms with E-state index in [9.17, 15) is 0 Å². The molecule has 0 amide bonds. The maximum Gasteiger partial charge on any atom is 0.150 e. The zero-order valence-electron chi connectivity index (χ0n) is 23.2. The van der Waals surface area contributed by atoms with Crippen LogP contribution in [0, 0.1) is 0 Å². The van der Waals surface area contributed by atoms with Crippen molar-refractivity contribution in [2.45, 2.75) is 38.9 Å². The predicted octanol–water partition coefficient (Wildman–Crippen LogP) is 4.35. The Balaban J connectivity index is 1.16. The smallest absolute Gasteiger partial charge is 0.150 e. The van der Waals surface area contributed by atoms with Gasteiger partial charge in [0.15, 0.2) is 0 Å². The average Bonchev–Trinajstić information content (AvgIpc) is 3.69. The van der Waals surface area contributed by atoms with Crippen LogP contribution in [0.3, 0.4) is 0 Å². The highest BCUT2D eigenvalue weighted by molar-refractivity contribution is 5.93. The van der Waals surface area contributed by atoms with Crippen molar-refractivity contribution in [1.82, 2.24) is 29.8 Å². The van der Waals surface area contributed by atoms with Crippen LogP contribution in [0.25, 0.3) is 27.6 Å². The largest absolute Gasteiger partial charge is 0.489 e. The molecule has 2 aliphatic heterocycles. The number of pyridine rings is 2. The summed E-state index contributed by atoms with van der Waals surface area (Å²) in [4.78, 5) is 20.7. The number of aromatic nitrogens is 5. The van der Waals surface area contributed by atoms with Crippen molar-refractivity contribution < 1.29 is 9.47 Å². The molecule has 41 heavy (non-hydrogen) atoms. The molecule has 0 unspecified atom stereocenters. The number of aryl methyl sites for hydroxylation is 1. The Morgan fingerprint density at radius 3 is 2.85 bits per heavy atom. The Morgan fingerprint density at radius 2 is 2.02 bits per heavy atom. The maximum absolute atomic E-state index is 6.30. The molecule has 4 aromatic heterocycles. The van der Waals surface area contributed by atoms with Crippen LogP contribution in [0.4, 0.5) is 11.5 Å². The lowest BCUT2D eigenvalue weighted by Crippen LogP contribution is -2.43. The number of hydrogen-bond donors (Lipinski definition) is 2. The molecule has 0 radical (unpaired) electrons. The highest BCUT2D eigenvalue weighted by Gasteiger charge is 2.25. The molecule has 5 aromatic rings. The Bertz CT molecular complexity index is 1710. The first-order valence-corrected chi connectivity index (χ1v) is 14.4. The first-order valence-electron chi connectivity index (χ1n) is 14.4. The summed E-state index contributed by atoms with van der Waals surface area (Å²) in [6.45, 7) is 7.25. The molecule has 0 spiro atoms. The summed E-state index contributed by atoms with van der Waals surface area (Å²) < 4.78 is 14.3. The van der Waals surface area contributed by atoms with Crippen LogP contribution in [0.2, 0.25) is 0 Å². The van der Waals surface area contributed by atoms with Gasteiger partial charge in [0.2, 0.25) is 0 Å². The fraction of sp³-hybridized carbons (Fsp3) is 0.355. The van der Waals surface area contributed by atoms with Gasteiger partial charge < -0.3 is 25.4 Å². The number of ether oxygens (including phenoxy) is 2. The molecule has 3 N–H and O–H groups in total. The molecule has 2 fully saturated rings. The van der Waals surface area contributed by atoms with Gasteiger partial charge in [0.05, 0.1) is 28.9 Å². The van der Waals surface area contributed by atoms with Crippen LogP contribution in [0.1, 0.15) is 42.7 Å². The number of nitrogens with one attached hydrogen (secondary N) is 1. The van der Waals surface area contributed by atoms with Crippen molar-refractivity contribution in [3.05, 3.63) is 72.1 Å². The Labute approximate surface area is 238 Å². The minimum atomic E-state index is -0.00615. The molecule has 0 saturated carbocycles. The number of nitrogen functional groups attached to an aromatic ring is 1. The quantitative estimate of drug-likeness (QED) is 0.305. The van der Waals surface area contributed by atoms with E-state index in [0.29, 0.717) is 12.4 Å². The summed E-state index contributed by atoms with van der Waals surface area (Å²) in [5, 5.41) is 5.44. The molecule has 1 aromatic carbocycles. The molecule has 210 valence electrons. The van der Waals surface area contributed by atoms with Crippen molar-refractivity contribution in [2.75, 3.05) is 43.4 Å². The number of anilines is 2. The zero-order valence-corrected chi connectivity index (χ0v) is 23.2. The van der Waals surface area contributed by atoms with Gasteiger partial charge in [0.25, 0.3) is 0 Å². The Kier molecular flexibility index (Phi) is 6.85. The summed E-state index contributed by atoms with van der Waals surface area (Å²) in [5.41, 5.74) is 13.2. The maximum atomic E-state index is 6.30. The number of nitrogens with two attached hydrogens (primary N) is 1. The van der Waals surface area contributed by atoms with E-state index in [1.807, 2.05) is 29.1 Å². The topological polar surface area (TPSA) is 116 Å². The van der Waals surface area contributed by atoms with E-state index in [1.165, 1.54) is 12.0 Å². The standard InChI is InChI=1S/C31H34N8O2/c1-2-21-13-27(38-9-7-33-8-10-38)24-6-5-23(14-26(24)37-21)41-18-20-12-22(16-34-15-20)39-17-25(28-4-3-11-40-28)29-30(32)35-19-36-31(29)39/h5-6,12-17,19,28,33H,2-4,7-11,18H2,1H3,(H2,32,35,36)/t28-/m1/s1. The number of fused-ring (bicyclic) bond motifs is 2. The van der Waals surface area contributed by atoms with Gasteiger partial charge in [0, 0.05) is 79.1 Å². The second-order valence-electron chi connectivity index (χ2n) is 10.7.